The average molecular weight is 228 g/mol. The second kappa shape index (κ2) is 5.50. The van der Waals surface area contributed by atoms with E-state index in [-0.39, 0.29) is 18.5 Å². The first-order chi connectivity index (χ1) is 6.81. The minimum Gasteiger partial charge on any atom is -0.376 e. The van der Waals surface area contributed by atoms with E-state index in [0.29, 0.717) is 5.92 Å². The maximum Gasteiger partial charge on any atom is 0.0873 e. The van der Waals surface area contributed by atoms with E-state index in [9.17, 15) is 0 Å². The largest absolute Gasteiger partial charge is 0.376 e. The van der Waals surface area contributed by atoms with Gasteiger partial charge in [-0.1, -0.05) is 29.8 Å². The molecule has 1 saturated heterocycles. The van der Waals surface area contributed by atoms with Gasteiger partial charge in [-0.15, -0.1) is 12.4 Å². The van der Waals surface area contributed by atoms with Gasteiger partial charge in [0, 0.05) is 26.1 Å². The summed E-state index contributed by atoms with van der Waals surface area (Å²) in [4.78, 5) is 0. The molecule has 2 rings (SSSR count). The lowest BCUT2D eigenvalue weighted by Gasteiger charge is -2.34. The molecule has 0 saturated carbocycles. The van der Waals surface area contributed by atoms with Gasteiger partial charge < -0.3 is 10.1 Å². The van der Waals surface area contributed by atoms with Crippen LogP contribution in [0.25, 0.3) is 0 Å². The van der Waals surface area contributed by atoms with Crippen molar-refractivity contribution in [3.05, 3.63) is 35.4 Å². The quantitative estimate of drug-likeness (QED) is 0.856. The van der Waals surface area contributed by atoms with E-state index in [1.54, 1.807) is 7.11 Å². The molecule has 84 valence electrons. The molecule has 0 bridgehead atoms. The van der Waals surface area contributed by atoms with Crippen LogP contribution in [0.1, 0.15) is 17.2 Å². The zero-order chi connectivity index (χ0) is 9.97. The number of hydrogen-bond donors (Lipinski definition) is 1. The molecule has 2 nitrogen and oxygen atoms in total. The summed E-state index contributed by atoms with van der Waals surface area (Å²) < 4.78 is 5.56. The van der Waals surface area contributed by atoms with Gasteiger partial charge in [-0.25, -0.2) is 0 Å². The number of rotatable bonds is 3. The second-order valence-electron chi connectivity index (χ2n) is 3.99. The van der Waals surface area contributed by atoms with Crippen LogP contribution in [0.4, 0.5) is 0 Å². The Hall–Kier alpha value is -0.570. The van der Waals surface area contributed by atoms with Crippen LogP contribution in [0.3, 0.4) is 0 Å². The number of benzene rings is 1. The topological polar surface area (TPSA) is 21.3 Å². The summed E-state index contributed by atoms with van der Waals surface area (Å²) in [6.45, 7) is 4.27. The third kappa shape index (κ3) is 2.71. The summed E-state index contributed by atoms with van der Waals surface area (Å²) in [6, 6.07) is 8.59. The molecule has 3 heteroatoms. The van der Waals surface area contributed by atoms with E-state index < -0.39 is 0 Å². The maximum atomic E-state index is 5.56. The number of nitrogens with one attached hydrogen (secondary N) is 1. The first-order valence-electron chi connectivity index (χ1n) is 5.11. The predicted molar refractivity (Wildman–Crippen MR) is 64.5 cm³/mol. The molecule has 0 spiro atoms. The molecule has 1 atom stereocenters. The van der Waals surface area contributed by atoms with E-state index >= 15 is 0 Å². The van der Waals surface area contributed by atoms with E-state index in [1.165, 1.54) is 11.1 Å². The van der Waals surface area contributed by atoms with E-state index in [0.717, 1.165) is 13.1 Å². The molecule has 0 amide bonds. The molecule has 15 heavy (non-hydrogen) atoms. The van der Waals surface area contributed by atoms with Gasteiger partial charge in [-0.2, -0.15) is 0 Å². The third-order valence-electron chi connectivity index (χ3n) is 2.87. The lowest BCUT2D eigenvalue weighted by molar-refractivity contribution is 0.0292. The molecule has 0 aromatic heterocycles. The second-order valence-corrected chi connectivity index (χ2v) is 3.99. The minimum atomic E-state index is 0. The minimum absolute atomic E-state index is 0. The van der Waals surface area contributed by atoms with Crippen molar-refractivity contribution in [1.29, 1.82) is 0 Å². The van der Waals surface area contributed by atoms with Gasteiger partial charge >= 0.3 is 0 Å². The normalized spacial score (nSPS) is 17.7. The number of halogens is 1. The fraction of sp³-hybridized carbons (Fsp3) is 0.500. The Morgan fingerprint density at radius 1 is 1.40 bits per heavy atom. The van der Waals surface area contributed by atoms with Crippen LogP contribution < -0.4 is 5.32 Å². The highest BCUT2D eigenvalue weighted by atomic mass is 35.5. The molecule has 1 heterocycles. The molecule has 0 unspecified atom stereocenters. The van der Waals surface area contributed by atoms with Crippen molar-refractivity contribution in [2.24, 2.45) is 5.92 Å². The summed E-state index contributed by atoms with van der Waals surface area (Å²) >= 11 is 0. The Morgan fingerprint density at radius 2 is 2.13 bits per heavy atom. The standard InChI is InChI=1S/C12H17NO.ClH/c1-9-4-3-5-10(6-9)12(14-2)11-7-13-8-11;/h3-6,11-13H,7-8H2,1-2H3;1H/t12-;/m0./s1. The van der Waals surface area contributed by atoms with Crippen LogP contribution in [0.2, 0.25) is 0 Å². The number of aryl methyl sites for hydroxylation is 1. The highest BCUT2D eigenvalue weighted by Gasteiger charge is 2.27. The van der Waals surface area contributed by atoms with Gasteiger partial charge in [0.2, 0.25) is 0 Å². The van der Waals surface area contributed by atoms with Gasteiger partial charge in [-0.05, 0) is 12.5 Å². The van der Waals surface area contributed by atoms with E-state index in [1.807, 2.05) is 0 Å². The highest BCUT2D eigenvalue weighted by Crippen LogP contribution is 2.28. The van der Waals surface area contributed by atoms with Crippen molar-refractivity contribution in [1.82, 2.24) is 5.32 Å². The van der Waals surface area contributed by atoms with Crippen molar-refractivity contribution in [3.63, 3.8) is 0 Å². The fourth-order valence-electron chi connectivity index (χ4n) is 1.97. The van der Waals surface area contributed by atoms with Gasteiger partial charge in [-0.3, -0.25) is 0 Å². The summed E-state index contributed by atoms with van der Waals surface area (Å²) in [5.74, 6) is 0.641. The van der Waals surface area contributed by atoms with Crippen molar-refractivity contribution < 1.29 is 4.74 Å². The Kier molecular flexibility index (Phi) is 4.58. The summed E-state index contributed by atoms with van der Waals surface area (Å²) in [5.41, 5.74) is 2.61. The van der Waals surface area contributed by atoms with Crippen LogP contribution in [0.15, 0.2) is 24.3 Å². The molecular formula is C12H18ClNO. The summed E-state index contributed by atoms with van der Waals surface area (Å²) in [5, 5.41) is 3.28. The van der Waals surface area contributed by atoms with Gasteiger partial charge in [0.15, 0.2) is 0 Å². The third-order valence-corrected chi connectivity index (χ3v) is 2.87. The smallest absolute Gasteiger partial charge is 0.0873 e. The molecule has 1 aliphatic heterocycles. The van der Waals surface area contributed by atoms with Crippen molar-refractivity contribution in [3.8, 4) is 0 Å². The first kappa shape index (κ1) is 12.5. The molecule has 0 aliphatic carbocycles. The molecule has 1 aliphatic rings. The zero-order valence-corrected chi connectivity index (χ0v) is 10.0. The molecule has 1 aromatic carbocycles. The number of methoxy groups -OCH3 is 1. The SMILES string of the molecule is CO[C@@H](c1cccc(C)c1)C1CNC1.Cl. The Labute approximate surface area is 97.4 Å². The van der Waals surface area contributed by atoms with E-state index in [4.69, 9.17) is 4.74 Å². The molecule has 0 radical (unpaired) electrons. The Bertz CT molecular complexity index is 312. The Morgan fingerprint density at radius 3 is 2.60 bits per heavy atom. The summed E-state index contributed by atoms with van der Waals surface area (Å²) in [6.07, 6.45) is 0.260. The molecular weight excluding hydrogens is 210 g/mol. The van der Waals surface area contributed by atoms with Crippen molar-refractivity contribution in [2.75, 3.05) is 20.2 Å². The van der Waals surface area contributed by atoms with Crippen molar-refractivity contribution in [2.45, 2.75) is 13.0 Å². The van der Waals surface area contributed by atoms with Crippen LogP contribution in [-0.2, 0) is 4.74 Å². The zero-order valence-electron chi connectivity index (χ0n) is 9.19. The summed E-state index contributed by atoms with van der Waals surface area (Å²) in [7, 11) is 1.80. The molecule has 1 aromatic rings. The fourth-order valence-corrected chi connectivity index (χ4v) is 1.97. The highest BCUT2D eigenvalue weighted by molar-refractivity contribution is 5.85. The van der Waals surface area contributed by atoms with Crippen LogP contribution in [0.5, 0.6) is 0 Å². The predicted octanol–water partition coefficient (Wildman–Crippen LogP) is 2.32. The molecule has 1 N–H and O–H groups in total. The number of ether oxygens (including phenoxy) is 1. The van der Waals surface area contributed by atoms with Crippen LogP contribution in [-0.4, -0.2) is 20.2 Å². The molecule has 1 fully saturated rings. The number of hydrogen-bond acceptors (Lipinski definition) is 2. The van der Waals surface area contributed by atoms with Crippen LogP contribution >= 0.6 is 12.4 Å². The Balaban J connectivity index is 0.00000112. The van der Waals surface area contributed by atoms with Crippen molar-refractivity contribution >= 4 is 12.4 Å². The van der Waals surface area contributed by atoms with Gasteiger partial charge in [0.1, 0.15) is 0 Å². The lowest BCUT2D eigenvalue weighted by Crippen LogP contribution is -2.45. The average Bonchev–Trinajstić information content (AvgIpc) is 2.10. The van der Waals surface area contributed by atoms with Crippen LogP contribution in [0, 0.1) is 12.8 Å². The monoisotopic (exact) mass is 227 g/mol. The first-order valence-corrected chi connectivity index (χ1v) is 5.11. The van der Waals surface area contributed by atoms with Gasteiger partial charge in [0.05, 0.1) is 6.10 Å². The lowest BCUT2D eigenvalue weighted by atomic mass is 9.90. The van der Waals surface area contributed by atoms with Gasteiger partial charge in [0.25, 0.3) is 0 Å². The maximum absolute atomic E-state index is 5.56. The van der Waals surface area contributed by atoms with E-state index in [2.05, 4.69) is 36.5 Å².